The highest BCUT2D eigenvalue weighted by Gasteiger charge is 2.12. The fourth-order valence-electron chi connectivity index (χ4n) is 1.97. The number of nitrogens with one attached hydrogen (secondary N) is 2. The maximum absolute atomic E-state index is 12.2. The number of carbonyl (C=O) groups is 1. The molecule has 3 rings (SSSR count). The second kappa shape index (κ2) is 5.19. The Balaban J connectivity index is 1.79. The van der Waals surface area contributed by atoms with E-state index in [-0.39, 0.29) is 5.91 Å². The predicted molar refractivity (Wildman–Crippen MR) is 81.5 cm³/mol. The van der Waals surface area contributed by atoms with Crippen molar-refractivity contribution in [3.8, 4) is 0 Å². The number of benzene rings is 1. The van der Waals surface area contributed by atoms with E-state index < -0.39 is 0 Å². The molecule has 3 aromatic rings. The van der Waals surface area contributed by atoms with E-state index in [1.54, 1.807) is 17.5 Å². The predicted octanol–water partition coefficient (Wildman–Crippen LogP) is 3.92. The molecule has 0 saturated heterocycles. The summed E-state index contributed by atoms with van der Waals surface area (Å²) in [5.74, 6) is -0.0576. The summed E-state index contributed by atoms with van der Waals surface area (Å²) in [6.07, 6.45) is 1.75. The maximum atomic E-state index is 12.2. The molecule has 0 aliphatic heterocycles. The summed E-state index contributed by atoms with van der Waals surface area (Å²) in [4.78, 5) is 16.4. The van der Waals surface area contributed by atoms with Crippen molar-refractivity contribution in [1.29, 1.82) is 0 Å². The van der Waals surface area contributed by atoms with Gasteiger partial charge < -0.3 is 10.3 Å². The molecule has 1 amide bonds. The van der Waals surface area contributed by atoms with Crippen LogP contribution in [-0.2, 0) is 6.54 Å². The van der Waals surface area contributed by atoms with Gasteiger partial charge in [0.2, 0.25) is 0 Å². The van der Waals surface area contributed by atoms with Crippen LogP contribution in [0.15, 0.2) is 46.4 Å². The van der Waals surface area contributed by atoms with Crippen LogP contribution in [0, 0.1) is 0 Å². The van der Waals surface area contributed by atoms with E-state index in [1.165, 1.54) is 0 Å². The zero-order valence-electron chi connectivity index (χ0n) is 9.94. The molecule has 0 saturated carbocycles. The minimum Gasteiger partial charge on any atom is -0.360 e. The van der Waals surface area contributed by atoms with E-state index in [0.29, 0.717) is 12.1 Å². The van der Waals surface area contributed by atoms with Gasteiger partial charge in [-0.25, -0.2) is 0 Å². The van der Waals surface area contributed by atoms with E-state index in [1.807, 2.05) is 35.7 Å². The summed E-state index contributed by atoms with van der Waals surface area (Å²) < 4.78 is 1.04. The minimum absolute atomic E-state index is 0.0576. The summed E-state index contributed by atoms with van der Waals surface area (Å²) in [6.45, 7) is 0.538. The lowest BCUT2D eigenvalue weighted by Crippen LogP contribution is -2.22. The number of carbonyl (C=O) groups excluding carboxylic acids is 1. The number of hydrogen-bond acceptors (Lipinski definition) is 2. The molecule has 96 valence electrons. The molecular formula is C14H11BrN2OS. The maximum Gasteiger partial charge on any atom is 0.253 e. The molecule has 0 fully saturated rings. The molecule has 1 aromatic carbocycles. The van der Waals surface area contributed by atoms with Crippen molar-refractivity contribution in [3.63, 3.8) is 0 Å². The Morgan fingerprint density at radius 2 is 2.16 bits per heavy atom. The topological polar surface area (TPSA) is 44.9 Å². The van der Waals surface area contributed by atoms with Crippen LogP contribution in [0.1, 0.15) is 15.2 Å². The lowest BCUT2D eigenvalue weighted by molar-refractivity contribution is 0.0953. The third-order valence-electron chi connectivity index (χ3n) is 2.93. The molecule has 2 N–H and O–H groups in total. The van der Waals surface area contributed by atoms with E-state index in [9.17, 15) is 4.79 Å². The molecule has 2 heterocycles. The standard InChI is InChI=1S/C14H11BrN2OS/c15-11-5-6-19-13(11)8-17-14(18)10-7-16-12-4-2-1-3-9(10)12/h1-7,16H,8H2,(H,17,18). The highest BCUT2D eigenvalue weighted by molar-refractivity contribution is 9.10. The van der Waals surface area contributed by atoms with Gasteiger partial charge in [-0.05, 0) is 33.4 Å². The monoisotopic (exact) mass is 334 g/mol. The third kappa shape index (κ3) is 2.43. The lowest BCUT2D eigenvalue weighted by Gasteiger charge is -2.03. The second-order valence-corrected chi connectivity index (χ2v) is 5.98. The number of H-pyrrole nitrogens is 1. The zero-order valence-corrected chi connectivity index (χ0v) is 12.3. The molecule has 0 atom stereocenters. The normalized spacial score (nSPS) is 10.8. The van der Waals surface area contributed by atoms with Crippen LogP contribution >= 0.6 is 27.3 Å². The average Bonchev–Trinajstić information content (AvgIpc) is 3.02. The Hall–Kier alpha value is -1.59. The fourth-order valence-corrected chi connectivity index (χ4v) is 3.40. The summed E-state index contributed by atoms with van der Waals surface area (Å²) in [6, 6.07) is 9.77. The van der Waals surface area contributed by atoms with Gasteiger partial charge in [0.05, 0.1) is 12.1 Å². The fraction of sp³-hybridized carbons (Fsp3) is 0.0714. The Morgan fingerprint density at radius 3 is 2.95 bits per heavy atom. The third-order valence-corrected chi connectivity index (χ3v) is 4.86. The van der Waals surface area contributed by atoms with Gasteiger partial charge >= 0.3 is 0 Å². The molecule has 0 radical (unpaired) electrons. The Morgan fingerprint density at radius 1 is 1.32 bits per heavy atom. The van der Waals surface area contributed by atoms with Gasteiger partial charge in [-0.3, -0.25) is 4.79 Å². The van der Waals surface area contributed by atoms with Crippen molar-refractivity contribution >= 4 is 44.1 Å². The van der Waals surface area contributed by atoms with Crippen LogP contribution in [0.2, 0.25) is 0 Å². The van der Waals surface area contributed by atoms with Crippen molar-refractivity contribution in [2.75, 3.05) is 0 Å². The Bertz CT molecular complexity index is 732. The van der Waals surface area contributed by atoms with Crippen LogP contribution in [0.4, 0.5) is 0 Å². The summed E-state index contributed by atoms with van der Waals surface area (Å²) in [5.41, 5.74) is 1.66. The Labute approximate surface area is 122 Å². The smallest absolute Gasteiger partial charge is 0.253 e. The van der Waals surface area contributed by atoms with Crippen LogP contribution in [-0.4, -0.2) is 10.9 Å². The van der Waals surface area contributed by atoms with Gasteiger partial charge in [-0.15, -0.1) is 11.3 Å². The van der Waals surface area contributed by atoms with Crippen molar-refractivity contribution < 1.29 is 4.79 Å². The van der Waals surface area contributed by atoms with Crippen molar-refractivity contribution in [1.82, 2.24) is 10.3 Å². The quantitative estimate of drug-likeness (QED) is 0.749. The van der Waals surface area contributed by atoms with Crippen molar-refractivity contribution in [2.45, 2.75) is 6.54 Å². The number of halogens is 1. The van der Waals surface area contributed by atoms with Gasteiger partial charge in [-0.1, -0.05) is 18.2 Å². The minimum atomic E-state index is -0.0576. The van der Waals surface area contributed by atoms with Gasteiger partial charge in [0.15, 0.2) is 0 Å². The summed E-state index contributed by atoms with van der Waals surface area (Å²) in [7, 11) is 0. The summed E-state index contributed by atoms with van der Waals surface area (Å²) >= 11 is 5.08. The van der Waals surface area contributed by atoms with Gasteiger partial charge in [-0.2, -0.15) is 0 Å². The van der Waals surface area contributed by atoms with E-state index in [2.05, 4.69) is 26.2 Å². The first-order valence-corrected chi connectivity index (χ1v) is 7.49. The first kappa shape index (κ1) is 12.4. The number of aromatic nitrogens is 1. The van der Waals surface area contributed by atoms with Crippen LogP contribution in [0.5, 0.6) is 0 Å². The average molecular weight is 335 g/mol. The molecule has 5 heteroatoms. The molecule has 0 spiro atoms. The number of thiophene rings is 1. The Kier molecular flexibility index (Phi) is 3.40. The van der Waals surface area contributed by atoms with E-state index in [4.69, 9.17) is 0 Å². The highest BCUT2D eigenvalue weighted by Crippen LogP contribution is 2.23. The number of fused-ring (bicyclic) bond motifs is 1. The first-order chi connectivity index (χ1) is 9.25. The molecule has 0 aliphatic carbocycles. The van der Waals surface area contributed by atoms with Crippen molar-refractivity contribution in [2.24, 2.45) is 0 Å². The number of amides is 1. The second-order valence-electron chi connectivity index (χ2n) is 4.12. The van der Waals surface area contributed by atoms with Crippen LogP contribution in [0.3, 0.4) is 0 Å². The molecular weight excluding hydrogens is 324 g/mol. The molecule has 3 nitrogen and oxygen atoms in total. The van der Waals surface area contributed by atoms with Crippen LogP contribution < -0.4 is 5.32 Å². The van der Waals surface area contributed by atoms with E-state index >= 15 is 0 Å². The largest absolute Gasteiger partial charge is 0.360 e. The number of aromatic amines is 1. The number of para-hydroxylation sites is 1. The molecule has 0 bridgehead atoms. The van der Waals surface area contributed by atoms with Crippen molar-refractivity contribution in [3.05, 3.63) is 56.8 Å². The lowest BCUT2D eigenvalue weighted by atomic mass is 10.1. The van der Waals surface area contributed by atoms with Gasteiger partial charge in [0.1, 0.15) is 0 Å². The molecule has 0 aliphatic rings. The number of rotatable bonds is 3. The first-order valence-electron chi connectivity index (χ1n) is 5.82. The zero-order chi connectivity index (χ0) is 13.2. The van der Waals surface area contributed by atoms with Gasteiger partial charge in [0.25, 0.3) is 5.91 Å². The molecule has 0 unspecified atom stereocenters. The highest BCUT2D eigenvalue weighted by atomic mass is 79.9. The summed E-state index contributed by atoms with van der Waals surface area (Å²) in [5, 5.41) is 5.89. The van der Waals surface area contributed by atoms with Gasteiger partial charge in [0, 0.05) is 26.4 Å². The SMILES string of the molecule is O=C(NCc1sccc1Br)c1c[nH]c2ccccc12. The van der Waals surface area contributed by atoms with E-state index in [0.717, 1.165) is 20.3 Å². The van der Waals surface area contributed by atoms with Crippen LogP contribution in [0.25, 0.3) is 10.9 Å². The molecule has 2 aromatic heterocycles. The number of hydrogen-bond donors (Lipinski definition) is 2. The molecule has 19 heavy (non-hydrogen) atoms.